The van der Waals surface area contributed by atoms with Gasteiger partial charge in [0, 0.05) is 0 Å². The van der Waals surface area contributed by atoms with Crippen molar-refractivity contribution in [1.82, 2.24) is 0 Å². The molecule has 0 spiro atoms. The van der Waals surface area contributed by atoms with Gasteiger partial charge in [-0.05, 0) is 48.2 Å². The molecular formula is C25H48O3Si2. The van der Waals surface area contributed by atoms with E-state index < -0.39 is 16.6 Å². The summed E-state index contributed by atoms with van der Waals surface area (Å²) in [5, 5.41) is 0.331. The van der Waals surface area contributed by atoms with Crippen LogP contribution in [0.4, 0.5) is 0 Å². The highest BCUT2D eigenvalue weighted by molar-refractivity contribution is 6.74. The molecule has 0 saturated heterocycles. The van der Waals surface area contributed by atoms with Crippen LogP contribution in [0.1, 0.15) is 66.9 Å². The number of benzene rings is 1. The first kappa shape index (κ1) is 27.6. The predicted octanol–water partition coefficient (Wildman–Crippen LogP) is 7.78. The first-order valence-electron chi connectivity index (χ1n) is 11.6. The molecule has 0 radical (unpaired) electrons. The minimum Gasteiger partial charge on any atom is -0.414 e. The molecule has 0 aliphatic carbocycles. The van der Waals surface area contributed by atoms with Gasteiger partial charge >= 0.3 is 0 Å². The Hall–Kier alpha value is -0.466. The summed E-state index contributed by atoms with van der Waals surface area (Å²) in [5.41, 5.74) is 1.20. The molecule has 1 aromatic rings. The van der Waals surface area contributed by atoms with Crippen LogP contribution in [-0.2, 0) is 20.2 Å². The van der Waals surface area contributed by atoms with E-state index in [-0.39, 0.29) is 22.3 Å². The van der Waals surface area contributed by atoms with Crippen molar-refractivity contribution in [1.29, 1.82) is 0 Å². The summed E-state index contributed by atoms with van der Waals surface area (Å²) in [4.78, 5) is 0. The zero-order valence-corrected chi connectivity index (χ0v) is 23.6. The van der Waals surface area contributed by atoms with E-state index in [1.165, 1.54) is 5.56 Å². The van der Waals surface area contributed by atoms with Gasteiger partial charge in [0.15, 0.2) is 16.6 Å². The molecule has 0 aromatic heterocycles. The molecule has 0 bridgehead atoms. The lowest BCUT2D eigenvalue weighted by Crippen LogP contribution is -2.51. The SMILES string of the molecule is CCC[C@@H](OCc1ccccc1)[C@H](CO[Si](C)(C)C(C)(C)C)O[Si](C)(C)C(C)(C)C. The molecule has 0 fully saturated rings. The molecule has 1 rings (SSSR count). The van der Waals surface area contributed by atoms with Crippen molar-refractivity contribution in [3.05, 3.63) is 35.9 Å². The molecule has 0 aliphatic rings. The van der Waals surface area contributed by atoms with E-state index in [1.54, 1.807) is 0 Å². The lowest BCUT2D eigenvalue weighted by atomic mass is 10.1. The van der Waals surface area contributed by atoms with Gasteiger partial charge in [0.2, 0.25) is 0 Å². The molecule has 174 valence electrons. The first-order chi connectivity index (χ1) is 13.6. The average molecular weight is 453 g/mol. The highest BCUT2D eigenvalue weighted by Gasteiger charge is 2.43. The molecule has 5 heteroatoms. The third-order valence-electron chi connectivity index (χ3n) is 6.96. The van der Waals surface area contributed by atoms with E-state index in [0.717, 1.165) is 12.8 Å². The van der Waals surface area contributed by atoms with Gasteiger partial charge in [-0.25, -0.2) is 0 Å². The van der Waals surface area contributed by atoms with Crippen molar-refractivity contribution >= 4 is 16.6 Å². The fourth-order valence-corrected chi connectivity index (χ4v) is 5.06. The summed E-state index contributed by atoms with van der Waals surface area (Å²) < 4.78 is 20.0. The molecule has 3 nitrogen and oxygen atoms in total. The maximum atomic E-state index is 6.92. The van der Waals surface area contributed by atoms with Gasteiger partial charge in [0.1, 0.15) is 0 Å². The lowest BCUT2D eigenvalue weighted by molar-refractivity contribution is -0.0604. The quantitative estimate of drug-likeness (QED) is 0.321. The molecular weight excluding hydrogens is 404 g/mol. The first-order valence-corrected chi connectivity index (χ1v) is 17.4. The van der Waals surface area contributed by atoms with E-state index >= 15 is 0 Å². The average Bonchev–Trinajstić information content (AvgIpc) is 2.61. The van der Waals surface area contributed by atoms with Crippen LogP contribution in [-0.4, -0.2) is 35.4 Å². The second-order valence-corrected chi connectivity index (χ2v) is 21.2. The number of hydrogen-bond donors (Lipinski definition) is 0. The minimum absolute atomic E-state index is 0.0362. The normalized spacial score (nSPS) is 15.8. The Kier molecular flexibility index (Phi) is 10.0. The van der Waals surface area contributed by atoms with Gasteiger partial charge in [0.05, 0.1) is 25.4 Å². The van der Waals surface area contributed by atoms with Gasteiger partial charge < -0.3 is 13.6 Å². The molecule has 0 N–H and O–H groups in total. The van der Waals surface area contributed by atoms with Gasteiger partial charge in [-0.3, -0.25) is 0 Å². The van der Waals surface area contributed by atoms with Crippen LogP contribution in [0.5, 0.6) is 0 Å². The van der Waals surface area contributed by atoms with Gasteiger partial charge in [-0.2, -0.15) is 0 Å². The Morgan fingerprint density at radius 2 is 1.33 bits per heavy atom. The van der Waals surface area contributed by atoms with Crippen LogP contribution in [0, 0.1) is 0 Å². The Labute approximate surface area is 189 Å². The third kappa shape index (κ3) is 8.23. The topological polar surface area (TPSA) is 27.7 Å². The van der Waals surface area contributed by atoms with E-state index in [2.05, 4.69) is 98.9 Å². The summed E-state index contributed by atoms with van der Waals surface area (Å²) in [5.74, 6) is 0. The second kappa shape index (κ2) is 10.9. The fourth-order valence-electron chi connectivity index (χ4n) is 2.72. The molecule has 0 heterocycles. The molecule has 2 atom stereocenters. The monoisotopic (exact) mass is 452 g/mol. The van der Waals surface area contributed by atoms with Crippen molar-refractivity contribution in [2.75, 3.05) is 6.61 Å². The Balaban J connectivity index is 3.06. The third-order valence-corrected chi connectivity index (χ3v) is 16.0. The van der Waals surface area contributed by atoms with Crippen molar-refractivity contribution in [3.63, 3.8) is 0 Å². The van der Waals surface area contributed by atoms with Crippen LogP contribution in [0.25, 0.3) is 0 Å². The predicted molar refractivity (Wildman–Crippen MR) is 135 cm³/mol. The number of rotatable bonds is 11. The summed E-state index contributed by atoms with van der Waals surface area (Å²) in [7, 11) is -3.82. The van der Waals surface area contributed by atoms with Crippen molar-refractivity contribution in [2.24, 2.45) is 0 Å². The van der Waals surface area contributed by atoms with Crippen LogP contribution >= 0.6 is 0 Å². The number of hydrogen-bond acceptors (Lipinski definition) is 3. The highest BCUT2D eigenvalue weighted by atomic mass is 28.4. The molecule has 1 aromatic carbocycles. The number of ether oxygens (including phenoxy) is 1. The van der Waals surface area contributed by atoms with E-state index in [1.807, 2.05) is 6.07 Å². The van der Waals surface area contributed by atoms with Crippen LogP contribution < -0.4 is 0 Å². The molecule has 0 amide bonds. The van der Waals surface area contributed by atoms with Crippen LogP contribution in [0.2, 0.25) is 36.3 Å². The van der Waals surface area contributed by atoms with Gasteiger partial charge in [-0.1, -0.05) is 85.2 Å². The van der Waals surface area contributed by atoms with Gasteiger partial charge in [-0.15, -0.1) is 0 Å². The Morgan fingerprint density at radius 3 is 1.80 bits per heavy atom. The minimum atomic E-state index is -1.95. The summed E-state index contributed by atoms with van der Waals surface area (Å²) in [6.07, 6.45) is 2.04. The molecule has 0 aliphatic heterocycles. The summed E-state index contributed by atoms with van der Waals surface area (Å²) in [6, 6.07) is 10.4. The van der Waals surface area contributed by atoms with E-state index in [4.69, 9.17) is 13.6 Å². The van der Waals surface area contributed by atoms with Crippen molar-refractivity contribution < 1.29 is 13.6 Å². The van der Waals surface area contributed by atoms with Gasteiger partial charge in [0.25, 0.3) is 0 Å². The second-order valence-electron chi connectivity index (χ2n) is 11.6. The maximum absolute atomic E-state index is 6.92. The summed E-state index contributed by atoms with van der Waals surface area (Å²) in [6.45, 7) is 26.5. The van der Waals surface area contributed by atoms with E-state index in [9.17, 15) is 0 Å². The van der Waals surface area contributed by atoms with Crippen molar-refractivity contribution in [3.8, 4) is 0 Å². The maximum Gasteiger partial charge on any atom is 0.192 e. The largest absolute Gasteiger partial charge is 0.414 e. The molecule has 30 heavy (non-hydrogen) atoms. The highest BCUT2D eigenvalue weighted by Crippen LogP contribution is 2.40. The standard InChI is InChI=1S/C25H48O3Si2/c1-12-16-22(26-19-21-17-14-13-15-18-21)23(28-30(10,11)25(5,6)7)20-27-29(8,9)24(2,3)4/h13-15,17-18,22-23H,12,16,19-20H2,1-11H3/t22-,23+/m1/s1. The lowest BCUT2D eigenvalue weighted by Gasteiger charge is -2.43. The Morgan fingerprint density at radius 1 is 0.800 bits per heavy atom. The zero-order chi connectivity index (χ0) is 23.2. The molecule has 0 saturated carbocycles. The van der Waals surface area contributed by atoms with E-state index in [0.29, 0.717) is 13.2 Å². The van der Waals surface area contributed by atoms with Crippen molar-refractivity contribution in [2.45, 2.75) is 116 Å². The zero-order valence-electron chi connectivity index (χ0n) is 21.6. The molecule has 0 unspecified atom stereocenters. The Bertz CT molecular complexity index is 616. The fraction of sp³-hybridized carbons (Fsp3) is 0.760. The van der Waals surface area contributed by atoms with Crippen LogP contribution in [0.15, 0.2) is 30.3 Å². The summed E-state index contributed by atoms with van der Waals surface area (Å²) >= 11 is 0. The smallest absolute Gasteiger partial charge is 0.192 e. The van der Waals surface area contributed by atoms with Crippen LogP contribution in [0.3, 0.4) is 0 Å².